The molecule has 0 bridgehead atoms. The van der Waals surface area contributed by atoms with Gasteiger partial charge in [0.1, 0.15) is 0 Å². The van der Waals surface area contributed by atoms with Crippen LogP contribution in [-0.2, 0) is 11.0 Å². The van der Waals surface area contributed by atoms with Gasteiger partial charge >= 0.3 is 0 Å². The molecule has 6 nitrogen and oxygen atoms in total. The Kier molecular flexibility index (Phi) is 5.18. The van der Waals surface area contributed by atoms with Gasteiger partial charge in [0, 0.05) is 23.9 Å². The lowest BCUT2D eigenvalue weighted by atomic mass is 9.75. The number of aliphatic imine (C=N–C) groups is 1. The van der Waals surface area contributed by atoms with Crippen LogP contribution in [0.25, 0.3) is 0 Å². The number of hydrogen-bond donors (Lipinski definition) is 2. The van der Waals surface area contributed by atoms with Gasteiger partial charge in [-0.25, -0.2) is 9.22 Å². The maximum Gasteiger partial charge on any atom is 0.227 e. The molecule has 1 heterocycles. The van der Waals surface area contributed by atoms with E-state index in [4.69, 9.17) is 5.73 Å². The van der Waals surface area contributed by atoms with E-state index >= 15 is 0 Å². The van der Waals surface area contributed by atoms with Gasteiger partial charge in [0.2, 0.25) is 5.96 Å². The number of benzene rings is 1. The summed E-state index contributed by atoms with van der Waals surface area (Å²) in [6.07, 6.45) is 8.24. The van der Waals surface area contributed by atoms with Crippen LogP contribution in [0.5, 0.6) is 0 Å². The molecule has 1 spiro atoms. The van der Waals surface area contributed by atoms with Crippen molar-refractivity contribution in [1.82, 2.24) is 9.73 Å². The maximum absolute atomic E-state index is 12.6. The Hall–Kier alpha value is -1.89. The van der Waals surface area contributed by atoms with Crippen molar-refractivity contribution in [2.45, 2.75) is 43.9 Å². The van der Waals surface area contributed by atoms with Gasteiger partial charge in [-0.15, -0.1) is 0 Å². The van der Waals surface area contributed by atoms with Crippen LogP contribution in [0, 0.1) is 5.41 Å². The van der Waals surface area contributed by atoms with E-state index < -0.39 is 11.0 Å². The number of guanidine groups is 1. The summed E-state index contributed by atoms with van der Waals surface area (Å²) in [5.41, 5.74) is 6.50. The molecule has 1 aromatic rings. The second-order valence-corrected chi connectivity index (χ2v) is 7.68. The Morgan fingerprint density at radius 2 is 2.04 bits per heavy atom. The van der Waals surface area contributed by atoms with Gasteiger partial charge in [0.15, 0.2) is 11.0 Å². The summed E-state index contributed by atoms with van der Waals surface area (Å²) >= 11 is 0. The van der Waals surface area contributed by atoms with E-state index in [-0.39, 0.29) is 5.41 Å². The molecule has 1 fully saturated rings. The summed E-state index contributed by atoms with van der Waals surface area (Å²) in [5.74, 6) is 0.575. The number of nitrogen functional groups attached to an aromatic ring is 1. The summed E-state index contributed by atoms with van der Waals surface area (Å²) in [5, 5.41) is 6.42. The smallest absolute Gasteiger partial charge is 0.227 e. The lowest BCUT2D eigenvalue weighted by molar-refractivity contribution is 0.254. The quantitative estimate of drug-likeness (QED) is 0.501. The molecule has 1 aliphatic heterocycles. The maximum atomic E-state index is 12.6. The minimum Gasteiger partial charge on any atom is -0.399 e. The highest BCUT2D eigenvalue weighted by atomic mass is 32.2. The lowest BCUT2D eigenvalue weighted by Crippen LogP contribution is -2.42. The van der Waals surface area contributed by atoms with Crippen LogP contribution in [-0.4, -0.2) is 34.5 Å². The Labute approximate surface area is 145 Å². The summed E-state index contributed by atoms with van der Waals surface area (Å²) < 4.78 is 15.6. The van der Waals surface area contributed by atoms with Crippen LogP contribution in [0.1, 0.15) is 39.0 Å². The first-order valence-electron chi connectivity index (χ1n) is 8.53. The molecule has 1 aliphatic carbocycles. The number of nitrogens with two attached hydrogens (primary N) is 1. The first-order valence-corrected chi connectivity index (χ1v) is 9.68. The minimum absolute atomic E-state index is 0.164. The van der Waals surface area contributed by atoms with Crippen LogP contribution < -0.4 is 10.5 Å². The van der Waals surface area contributed by atoms with Crippen LogP contribution in [0.4, 0.5) is 5.69 Å². The van der Waals surface area contributed by atoms with Crippen molar-refractivity contribution in [3.63, 3.8) is 0 Å². The third kappa shape index (κ3) is 3.77. The number of hydrazone groups is 1. The van der Waals surface area contributed by atoms with Crippen molar-refractivity contribution in [2.75, 3.05) is 18.8 Å². The number of nitrogens with one attached hydrogen (secondary N) is 1. The van der Waals surface area contributed by atoms with E-state index in [0.717, 1.165) is 6.54 Å². The van der Waals surface area contributed by atoms with Crippen molar-refractivity contribution >= 4 is 28.8 Å². The fourth-order valence-corrected chi connectivity index (χ4v) is 4.13. The standard InChI is InChI=1S/C17H25N5OS/c1-2-19-16(21-24(23)15-8-6-14(18)7-9-15)22-13-17(12-20-22)10-4-3-5-11-17/h6-9,12H,2-5,10-11,13,18H2,1H3,(H,19,21). The average molecular weight is 347 g/mol. The van der Waals surface area contributed by atoms with E-state index in [9.17, 15) is 4.21 Å². The molecule has 0 radical (unpaired) electrons. The van der Waals surface area contributed by atoms with E-state index in [0.29, 0.717) is 23.1 Å². The summed E-state index contributed by atoms with van der Waals surface area (Å²) in [7, 11) is -1.39. The molecule has 3 N–H and O–H groups in total. The first kappa shape index (κ1) is 17.0. The molecule has 0 aromatic heterocycles. The highest BCUT2D eigenvalue weighted by molar-refractivity contribution is 7.83. The molecule has 1 atom stereocenters. The summed E-state index contributed by atoms with van der Waals surface area (Å²) in [6, 6.07) is 7.02. The largest absolute Gasteiger partial charge is 0.399 e. The number of nitrogens with zero attached hydrogens (tertiary/aromatic N) is 3. The molecule has 3 rings (SSSR count). The molecule has 1 unspecified atom stereocenters. The first-order chi connectivity index (χ1) is 11.6. The highest BCUT2D eigenvalue weighted by Crippen LogP contribution is 2.38. The zero-order chi connectivity index (χ0) is 17.0. The average Bonchev–Trinajstić information content (AvgIpc) is 2.99. The molecule has 7 heteroatoms. The Bertz CT molecular complexity index is 649. The Morgan fingerprint density at radius 1 is 1.33 bits per heavy atom. The number of anilines is 1. The van der Waals surface area contributed by atoms with Crippen molar-refractivity contribution in [3.05, 3.63) is 24.3 Å². The third-order valence-corrected chi connectivity index (χ3v) is 5.68. The molecule has 24 heavy (non-hydrogen) atoms. The van der Waals surface area contributed by atoms with E-state index in [1.807, 2.05) is 11.9 Å². The molecule has 0 amide bonds. The fourth-order valence-electron chi connectivity index (χ4n) is 3.29. The fraction of sp³-hybridized carbons (Fsp3) is 0.529. The number of hydrogen-bond acceptors (Lipinski definition) is 4. The van der Waals surface area contributed by atoms with Gasteiger partial charge in [0.05, 0.1) is 11.4 Å². The highest BCUT2D eigenvalue weighted by Gasteiger charge is 2.37. The zero-order valence-electron chi connectivity index (χ0n) is 14.1. The third-order valence-electron chi connectivity index (χ3n) is 4.62. The number of rotatable bonds is 3. The molecule has 1 aromatic carbocycles. The van der Waals surface area contributed by atoms with Gasteiger partial charge in [-0.3, -0.25) is 9.71 Å². The van der Waals surface area contributed by atoms with Gasteiger partial charge in [-0.1, -0.05) is 19.3 Å². The van der Waals surface area contributed by atoms with Crippen molar-refractivity contribution in [3.8, 4) is 0 Å². The van der Waals surface area contributed by atoms with Crippen LogP contribution in [0.15, 0.2) is 39.3 Å². The SMILES string of the molecule is CCN=C(NS(=O)c1ccc(N)cc1)N1CC2(C=N1)CCCCC2. The Morgan fingerprint density at radius 3 is 2.71 bits per heavy atom. The van der Waals surface area contributed by atoms with Crippen LogP contribution >= 0.6 is 0 Å². The molecule has 0 saturated heterocycles. The van der Waals surface area contributed by atoms with Crippen molar-refractivity contribution in [2.24, 2.45) is 15.5 Å². The van der Waals surface area contributed by atoms with Gasteiger partial charge in [0.25, 0.3) is 0 Å². The molecular formula is C17H25N5OS. The predicted molar refractivity (Wildman–Crippen MR) is 99.1 cm³/mol. The molecule has 1 saturated carbocycles. The molecule has 2 aliphatic rings. The Balaban J connectivity index is 1.69. The van der Waals surface area contributed by atoms with E-state index in [2.05, 4.69) is 21.0 Å². The molecule has 130 valence electrons. The van der Waals surface area contributed by atoms with Crippen molar-refractivity contribution in [1.29, 1.82) is 0 Å². The predicted octanol–water partition coefficient (Wildman–Crippen LogP) is 2.51. The summed E-state index contributed by atoms with van der Waals surface area (Å²) in [6.45, 7) is 3.39. The second kappa shape index (κ2) is 7.34. The lowest BCUT2D eigenvalue weighted by Gasteiger charge is -2.31. The van der Waals surface area contributed by atoms with E-state index in [1.54, 1.807) is 24.3 Å². The zero-order valence-corrected chi connectivity index (χ0v) is 14.9. The van der Waals surface area contributed by atoms with Gasteiger partial charge in [-0.2, -0.15) is 5.10 Å². The van der Waals surface area contributed by atoms with E-state index in [1.165, 1.54) is 32.1 Å². The normalized spacial score (nSPS) is 21.2. The van der Waals surface area contributed by atoms with Crippen LogP contribution in [0.2, 0.25) is 0 Å². The second-order valence-electron chi connectivity index (χ2n) is 6.46. The monoisotopic (exact) mass is 347 g/mol. The summed E-state index contributed by atoms with van der Waals surface area (Å²) in [4.78, 5) is 5.14. The van der Waals surface area contributed by atoms with Crippen LogP contribution in [0.3, 0.4) is 0 Å². The van der Waals surface area contributed by atoms with Gasteiger partial charge in [-0.05, 0) is 44.0 Å². The van der Waals surface area contributed by atoms with Gasteiger partial charge < -0.3 is 5.73 Å². The minimum atomic E-state index is -1.39. The van der Waals surface area contributed by atoms with Crippen molar-refractivity contribution < 1.29 is 4.21 Å². The topological polar surface area (TPSA) is 83.1 Å². The molecular weight excluding hydrogens is 322 g/mol.